The lowest BCUT2D eigenvalue weighted by molar-refractivity contribution is -0.133. The van der Waals surface area contributed by atoms with Gasteiger partial charge in [-0.15, -0.1) is 0 Å². The van der Waals surface area contributed by atoms with Gasteiger partial charge in [-0.25, -0.2) is 0 Å². The molecule has 122 valence electrons. The molecule has 3 rings (SSSR count). The normalized spacial score (nSPS) is 17.3. The summed E-state index contributed by atoms with van der Waals surface area (Å²) >= 11 is 0. The Balaban J connectivity index is 1.68. The summed E-state index contributed by atoms with van der Waals surface area (Å²) in [5.74, 6) is 0.932. The molecule has 2 heterocycles. The molecular weight excluding hydrogens is 294 g/mol. The average molecular weight is 315 g/mol. The SMILES string of the molecule is O=C(Cc1cccc(O)c1)N(Cc1ccco1)C[C@@H]1CCCO1. The third kappa shape index (κ3) is 4.36. The number of ether oxygens (including phenoxy) is 1. The summed E-state index contributed by atoms with van der Waals surface area (Å²) in [6.45, 7) is 1.77. The molecule has 5 nitrogen and oxygen atoms in total. The summed E-state index contributed by atoms with van der Waals surface area (Å²) in [4.78, 5) is 14.5. The number of amides is 1. The van der Waals surface area contributed by atoms with Crippen LogP contribution in [0.15, 0.2) is 47.1 Å². The van der Waals surface area contributed by atoms with Gasteiger partial charge in [0.15, 0.2) is 0 Å². The van der Waals surface area contributed by atoms with Crippen molar-refractivity contribution in [3.05, 3.63) is 54.0 Å². The van der Waals surface area contributed by atoms with Crippen molar-refractivity contribution in [1.82, 2.24) is 4.90 Å². The van der Waals surface area contributed by atoms with Crippen LogP contribution in [0.3, 0.4) is 0 Å². The monoisotopic (exact) mass is 315 g/mol. The van der Waals surface area contributed by atoms with Crippen LogP contribution in [0.25, 0.3) is 0 Å². The molecule has 2 aromatic rings. The first-order valence-corrected chi connectivity index (χ1v) is 7.90. The molecule has 5 heteroatoms. The van der Waals surface area contributed by atoms with Crippen molar-refractivity contribution in [2.45, 2.75) is 31.9 Å². The Morgan fingerprint density at radius 1 is 1.30 bits per heavy atom. The lowest BCUT2D eigenvalue weighted by Gasteiger charge is -2.24. The maximum absolute atomic E-state index is 12.7. The first-order chi connectivity index (χ1) is 11.2. The van der Waals surface area contributed by atoms with E-state index in [1.807, 2.05) is 18.2 Å². The summed E-state index contributed by atoms with van der Waals surface area (Å²) in [5.41, 5.74) is 0.798. The van der Waals surface area contributed by atoms with E-state index in [2.05, 4.69) is 0 Å². The quantitative estimate of drug-likeness (QED) is 0.890. The van der Waals surface area contributed by atoms with Gasteiger partial charge in [-0.2, -0.15) is 0 Å². The Morgan fingerprint density at radius 2 is 2.22 bits per heavy atom. The van der Waals surface area contributed by atoms with Gasteiger partial charge in [0.25, 0.3) is 0 Å². The minimum atomic E-state index is 0.00231. The van der Waals surface area contributed by atoms with E-state index < -0.39 is 0 Å². The van der Waals surface area contributed by atoms with E-state index in [0.29, 0.717) is 13.1 Å². The van der Waals surface area contributed by atoms with Crippen molar-refractivity contribution in [2.75, 3.05) is 13.2 Å². The van der Waals surface area contributed by atoms with Crippen molar-refractivity contribution < 1.29 is 19.1 Å². The number of hydrogen-bond acceptors (Lipinski definition) is 4. The Kier molecular flexibility index (Phi) is 4.98. The van der Waals surface area contributed by atoms with Crippen LogP contribution < -0.4 is 0 Å². The summed E-state index contributed by atoms with van der Waals surface area (Å²) < 4.78 is 11.0. The van der Waals surface area contributed by atoms with Crippen LogP contribution in [-0.4, -0.2) is 35.2 Å². The molecule has 23 heavy (non-hydrogen) atoms. The zero-order chi connectivity index (χ0) is 16.1. The standard InChI is InChI=1S/C18H21NO4/c20-15-5-1-4-14(10-15)11-18(21)19(12-16-6-2-8-22-16)13-17-7-3-9-23-17/h1-2,4-6,8,10,17,20H,3,7,9,11-13H2/t17-/m0/s1. The van der Waals surface area contributed by atoms with Gasteiger partial charge < -0.3 is 19.2 Å². The van der Waals surface area contributed by atoms with Crippen LogP contribution in [-0.2, 0) is 22.5 Å². The van der Waals surface area contributed by atoms with E-state index in [-0.39, 0.29) is 24.2 Å². The van der Waals surface area contributed by atoms with Gasteiger partial charge in [-0.1, -0.05) is 12.1 Å². The molecule has 1 aliphatic heterocycles. The summed E-state index contributed by atoms with van der Waals surface area (Å²) in [7, 11) is 0. The smallest absolute Gasteiger partial charge is 0.227 e. The molecule has 1 fully saturated rings. The molecule has 1 aliphatic rings. The van der Waals surface area contributed by atoms with Gasteiger partial charge in [0, 0.05) is 13.2 Å². The fourth-order valence-corrected chi connectivity index (χ4v) is 2.83. The third-order valence-corrected chi connectivity index (χ3v) is 3.99. The second kappa shape index (κ2) is 7.33. The van der Waals surface area contributed by atoms with Crippen molar-refractivity contribution in [1.29, 1.82) is 0 Å². The number of rotatable bonds is 6. The number of benzene rings is 1. The first kappa shape index (κ1) is 15.6. The molecule has 1 atom stereocenters. The molecule has 1 saturated heterocycles. The van der Waals surface area contributed by atoms with Gasteiger partial charge in [0.1, 0.15) is 11.5 Å². The van der Waals surface area contributed by atoms with Gasteiger partial charge in [-0.3, -0.25) is 4.79 Å². The first-order valence-electron chi connectivity index (χ1n) is 7.90. The highest BCUT2D eigenvalue weighted by Crippen LogP contribution is 2.17. The number of aromatic hydroxyl groups is 1. The van der Waals surface area contributed by atoms with Crippen LogP contribution in [0.5, 0.6) is 5.75 Å². The van der Waals surface area contributed by atoms with Crippen molar-refractivity contribution >= 4 is 5.91 Å². The Bertz CT molecular complexity index is 632. The van der Waals surface area contributed by atoms with E-state index in [1.54, 1.807) is 29.4 Å². The van der Waals surface area contributed by atoms with Crippen molar-refractivity contribution in [2.24, 2.45) is 0 Å². The second-order valence-electron chi connectivity index (χ2n) is 5.84. The van der Waals surface area contributed by atoms with Crippen molar-refractivity contribution in [3.63, 3.8) is 0 Å². The van der Waals surface area contributed by atoms with Gasteiger partial charge in [0.2, 0.25) is 5.91 Å². The zero-order valence-electron chi connectivity index (χ0n) is 13.0. The highest BCUT2D eigenvalue weighted by molar-refractivity contribution is 5.78. The number of hydrogen-bond donors (Lipinski definition) is 1. The number of carbonyl (C=O) groups excluding carboxylic acids is 1. The minimum Gasteiger partial charge on any atom is -0.508 e. The molecule has 0 bridgehead atoms. The fourth-order valence-electron chi connectivity index (χ4n) is 2.83. The number of nitrogens with zero attached hydrogens (tertiary/aromatic N) is 1. The molecule has 0 saturated carbocycles. The molecule has 1 aromatic heterocycles. The molecule has 1 N–H and O–H groups in total. The van der Waals surface area contributed by atoms with Crippen LogP contribution >= 0.6 is 0 Å². The molecule has 1 aromatic carbocycles. The van der Waals surface area contributed by atoms with Gasteiger partial charge in [0.05, 0.1) is 25.3 Å². The summed E-state index contributed by atoms with van der Waals surface area (Å²) in [5, 5.41) is 9.54. The van der Waals surface area contributed by atoms with E-state index >= 15 is 0 Å². The third-order valence-electron chi connectivity index (χ3n) is 3.99. The largest absolute Gasteiger partial charge is 0.508 e. The van der Waals surface area contributed by atoms with E-state index in [1.165, 1.54) is 0 Å². The lowest BCUT2D eigenvalue weighted by atomic mass is 10.1. The highest BCUT2D eigenvalue weighted by atomic mass is 16.5. The molecule has 1 amide bonds. The van der Waals surface area contributed by atoms with Gasteiger partial charge in [-0.05, 0) is 42.7 Å². The average Bonchev–Trinajstić information content (AvgIpc) is 3.20. The second-order valence-corrected chi connectivity index (χ2v) is 5.84. The predicted octanol–water partition coefficient (Wildman–Crippen LogP) is 2.74. The maximum Gasteiger partial charge on any atom is 0.227 e. The topological polar surface area (TPSA) is 62.9 Å². The Morgan fingerprint density at radius 3 is 2.91 bits per heavy atom. The Labute approximate surface area is 135 Å². The molecule has 0 radical (unpaired) electrons. The van der Waals surface area contributed by atoms with Crippen molar-refractivity contribution in [3.8, 4) is 5.75 Å². The molecule has 0 unspecified atom stereocenters. The molecule has 0 aliphatic carbocycles. The predicted molar refractivity (Wildman–Crippen MR) is 84.9 cm³/mol. The number of furan rings is 1. The highest BCUT2D eigenvalue weighted by Gasteiger charge is 2.23. The maximum atomic E-state index is 12.7. The summed E-state index contributed by atoms with van der Waals surface area (Å²) in [6.07, 6.45) is 3.98. The van der Waals surface area contributed by atoms with Gasteiger partial charge >= 0.3 is 0 Å². The lowest BCUT2D eigenvalue weighted by Crippen LogP contribution is -2.37. The zero-order valence-corrected chi connectivity index (χ0v) is 13.0. The number of phenols is 1. The van der Waals surface area contributed by atoms with E-state index in [4.69, 9.17) is 9.15 Å². The minimum absolute atomic E-state index is 0.00231. The summed E-state index contributed by atoms with van der Waals surface area (Å²) in [6, 6.07) is 10.5. The Hall–Kier alpha value is -2.27. The van der Waals surface area contributed by atoms with E-state index in [9.17, 15) is 9.90 Å². The number of phenolic OH excluding ortho intramolecular Hbond substituents is 1. The molecule has 0 spiro atoms. The van der Waals surface area contributed by atoms with E-state index in [0.717, 1.165) is 30.8 Å². The van der Waals surface area contributed by atoms with Crippen LogP contribution in [0, 0.1) is 0 Å². The van der Waals surface area contributed by atoms with Crippen LogP contribution in [0.1, 0.15) is 24.2 Å². The van der Waals surface area contributed by atoms with Crippen LogP contribution in [0.4, 0.5) is 0 Å². The molecular formula is C18H21NO4. The fraction of sp³-hybridized carbons (Fsp3) is 0.389. The number of carbonyl (C=O) groups is 1. The van der Waals surface area contributed by atoms with Crippen LogP contribution in [0.2, 0.25) is 0 Å².